The lowest BCUT2D eigenvalue weighted by molar-refractivity contribution is 0.00345. The van der Waals surface area contributed by atoms with Crippen LogP contribution in [0.25, 0.3) is 0 Å². The van der Waals surface area contributed by atoms with Crippen molar-refractivity contribution in [3.63, 3.8) is 0 Å². The highest BCUT2D eigenvalue weighted by Gasteiger charge is 2.26. The number of halogens is 2. The Bertz CT molecular complexity index is 483. The second kappa shape index (κ2) is 5.48. The van der Waals surface area contributed by atoms with Crippen LogP contribution in [0.3, 0.4) is 0 Å². The summed E-state index contributed by atoms with van der Waals surface area (Å²) < 4.78 is 6.91. The van der Waals surface area contributed by atoms with Crippen molar-refractivity contribution >= 4 is 49.1 Å². The van der Waals surface area contributed by atoms with E-state index < -0.39 is 6.10 Å². The fourth-order valence-corrected chi connectivity index (χ4v) is 4.35. The quantitative estimate of drug-likeness (QED) is 0.753. The monoisotopic (exact) mass is 378 g/mol. The third-order valence-corrected chi connectivity index (χ3v) is 4.72. The standard InChI is InChI=1S/C10H8Br2N2O2S/c11-8-3-7(9(12)17-8)10(15)14-1-2-16-6(4-13)5-14/h3,6H,1-2,5H2. The van der Waals surface area contributed by atoms with Gasteiger partial charge in [0.15, 0.2) is 6.10 Å². The van der Waals surface area contributed by atoms with E-state index in [9.17, 15) is 4.79 Å². The first-order chi connectivity index (χ1) is 8.11. The maximum atomic E-state index is 12.2. The van der Waals surface area contributed by atoms with Crippen LogP contribution < -0.4 is 0 Å². The van der Waals surface area contributed by atoms with E-state index in [4.69, 9.17) is 10.00 Å². The fourth-order valence-electron chi connectivity index (χ4n) is 1.57. The number of ether oxygens (including phenoxy) is 1. The molecule has 17 heavy (non-hydrogen) atoms. The molecular formula is C10H8Br2N2O2S. The molecule has 1 aliphatic rings. The highest BCUT2D eigenvalue weighted by molar-refractivity contribution is 9.12. The summed E-state index contributed by atoms with van der Waals surface area (Å²) in [5.41, 5.74) is 0.625. The van der Waals surface area contributed by atoms with E-state index >= 15 is 0 Å². The van der Waals surface area contributed by atoms with Gasteiger partial charge in [-0.1, -0.05) is 0 Å². The number of nitriles is 1. The van der Waals surface area contributed by atoms with E-state index in [1.54, 1.807) is 11.0 Å². The molecule has 0 aromatic carbocycles. The minimum Gasteiger partial charge on any atom is -0.360 e. The van der Waals surface area contributed by atoms with Gasteiger partial charge in [-0.05, 0) is 37.9 Å². The van der Waals surface area contributed by atoms with Gasteiger partial charge in [0.1, 0.15) is 0 Å². The summed E-state index contributed by atoms with van der Waals surface area (Å²) in [4.78, 5) is 13.9. The first-order valence-electron chi connectivity index (χ1n) is 4.87. The predicted molar refractivity (Wildman–Crippen MR) is 71.0 cm³/mol. The molecule has 1 aromatic heterocycles. The predicted octanol–water partition coefficient (Wildman–Crippen LogP) is 2.64. The van der Waals surface area contributed by atoms with Crippen molar-refractivity contribution < 1.29 is 9.53 Å². The molecule has 1 fully saturated rings. The lowest BCUT2D eigenvalue weighted by Gasteiger charge is -2.29. The number of thiophene rings is 1. The SMILES string of the molecule is N#CC1CN(C(=O)c2cc(Br)sc2Br)CCO1. The number of hydrogen-bond donors (Lipinski definition) is 0. The molecule has 1 aliphatic heterocycles. The van der Waals surface area contributed by atoms with Gasteiger partial charge in [-0.15, -0.1) is 11.3 Å². The van der Waals surface area contributed by atoms with Gasteiger partial charge in [0.05, 0.1) is 32.4 Å². The van der Waals surface area contributed by atoms with Crippen molar-refractivity contribution in [2.45, 2.75) is 6.10 Å². The maximum Gasteiger partial charge on any atom is 0.256 e. The second-order valence-electron chi connectivity index (χ2n) is 3.48. The Morgan fingerprint density at radius 1 is 1.65 bits per heavy atom. The van der Waals surface area contributed by atoms with Gasteiger partial charge in [0.25, 0.3) is 5.91 Å². The van der Waals surface area contributed by atoms with Crippen molar-refractivity contribution in [2.75, 3.05) is 19.7 Å². The first kappa shape index (κ1) is 13.0. The van der Waals surface area contributed by atoms with E-state index in [1.165, 1.54) is 11.3 Å². The number of morpholine rings is 1. The van der Waals surface area contributed by atoms with Gasteiger partial charge in [-0.2, -0.15) is 5.26 Å². The zero-order chi connectivity index (χ0) is 12.4. The minimum atomic E-state index is -0.520. The van der Waals surface area contributed by atoms with Crippen molar-refractivity contribution in [1.29, 1.82) is 5.26 Å². The van der Waals surface area contributed by atoms with Gasteiger partial charge >= 0.3 is 0 Å². The van der Waals surface area contributed by atoms with Gasteiger partial charge in [0.2, 0.25) is 0 Å². The molecule has 7 heteroatoms. The van der Waals surface area contributed by atoms with Crippen LogP contribution >= 0.6 is 43.2 Å². The summed E-state index contributed by atoms with van der Waals surface area (Å²) in [6, 6.07) is 3.81. The Kier molecular flexibility index (Phi) is 4.20. The van der Waals surface area contributed by atoms with Crippen LogP contribution in [0.2, 0.25) is 0 Å². The molecule has 0 aliphatic carbocycles. The van der Waals surface area contributed by atoms with Crippen LogP contribution in [0.15, 0.2) is 13.6 Å². The van der Waals surface area contributed by atoms with E-state index in [1.807, 2.05) is 6.07 Å². The maximum absolute atomic E-state index is 12.2. The first-order valence-corrected chi connectivity index (χ1v) is 7.27. The molecule has 90 valence electrons. The molecule has 0 radical (unpaired) electrons. The average Bonchev–Trinajstić information content (AvgIpc) is 2.67. The Labute approximate surface area is 119 Å². The molecule has 4 nitrogen and oxygen atoms in total. The average molecular weight is 380 g/mol. The molecule has 0 spiro atoms. The Morgan fingerprint density at radius 3 is 3.00 bits per heavy atom. The largest absolute Gasteiger partial charge is 0.360 e. The van der Waals surface area contributed by atoms with Crippen molar-refractivity contribution in [2.24, 2.45) is 0 Å². The third-order valence-electron chi connectivity index (χ3n) is 2.38. The molecule has 1 amide bonds. The second-order valence-corrected chi connectivity index (χ2v) is 7.23. The Balaban J connectivity index is 2.15. The fraction of sp³-hybridized carbons (Fsp3) is 0.400. The normalized spacial score (nSPS) is 20.1. The summed E-state index contributed by atoms with van der Waals surface area (Å²) in [5.74, 6) is -0.0672. The minimum absolute atomic E-state index is 0.0672. The molecule has 0 bridgehead atoms. The van der Waals surface area contributed by atoms with E-state index in [2.05, 4.69) is 31.9 Å². The Hall–Kier alpha value is -0.420. The molecule has 0 saturated carbocycles. The molecule has 2 heterocycles. The van der Waals surface area contributed by atoms with Gasteiger partial charge in [-0.25, -0.2) is 0 Å². The summed E-state index contributed by atoms with van der Waals surface area (Å²) in [5, 5.41) is 8.79. The zero-order valence-electron chi connectivity index (χ0n) is 8.65. The number of carbonyl (C=O) groups is 1. The van der Waals surface area contributed by atoms with Crippen molar-refractivity contribution in [3.8, 4) is 6.07 Å². The van der Waals surface area contributed by atoms with E-state index in [0.29, 0.717) is 25.3 Å². The summed E-state index contributed by atoms with van der Waals surface area (Å²) in [6.45, 7) is 1.26. The molecule has 2 rings (SSSR count). The van der Waals surface area contributed by atoms with E-state index in [-0.39, 0.29) is 5.91 Å². The number of nitrogens with zero attached hydrogens (tertiary/aromatic N) is 2. The molecule has 1 aromatic rings. The summed E-state index contributed by atoms with van der Waals surface area (Å²) >= 11 is 8.16. The topological polar surface area (TPSA) is 53.3 Å². The number of carbonyl (C=O) groups excluding carboxylic acids is 1. The van der Waals surface area contributed by atoms with Crippen molar-refractivity contribution in [1.82, 2.24) is 4.90 Å². The smallest absolute Gasteiger partial charge is 0.256 e. The zero-order valence-corrected chi connectivity index (χ0v) is 12.6. The van der Waals surface area contributed by atoms with Crippen LogP contribution in [-0.2, 0) is 4.74 Å². The number of rotatable bonds is 1. The van der Waals surface area contributed by atoms with Gasteiger partial charge in [0, 0.05) is 6.54 Å². The third kappa shape index (κ3) is 2.88. The van der Waals surface area contributed by atoms with Gasteiger partial charge in [-0.3, -0.25) is 4.79 Å². The Morgan fingerprint density at radius 2 is 2.41 bits per heavy atom. The number of hydrogen-bond acceptors (Lipinski definition) is 4. The molecule has 0 N–H and O–H groups in total. The van der Waals surface area contributed by atoms with Crippen LogP contribution in [-0.4, -0.2) is 36.6 Å². The summed E-state index contributed by atoms with van der Waals surface area (Å²) in [6.07, 6.45) is -0.520. The van der Waals surface area contributed by atoms with Gasteiger partial charge < -0.3 is 9.64 Å². The highest BCUT2D eigenvalue weighted by Crippen LogP contribution is 2.32. The van der Waals surface area contributed by atoms with Crippen LogP contribution in [0.5, 0.6) is 0 Å². The van der Waals surface area contributed by atoms with Crippen LogP contribution in [0.4, 0.5) is 0 Å². The molecular weight excluding hydrogens is 372 g/mol. The van der Waals surface area contributed by atoms with Crippen LogP contribution in [0.1, 0.15) is 10.4 Å². The highest BCUT2D eigenvalue weighted by atomic mass is 79.9. The summed E-state index contributed by atoms with van der Waals surface area (Å²) in [7, 11) is 0. The molecule has 1 unspecified atom stereocenters. The molecule has 1 atom stereocenters. The van der Waals surface area contributed by atoms with Crippen LogP contribution in [0, 0.1) is 11.3 Å². The molecule has 1 saturated heterocycles. The van der Waals surface area contributed by atoms with E-state index in [0.717, 1.165) is 7.57 Å². The number of amides is 1. The lowest BCUT2D eigenvalue weighted by atomic mass is 10.2. The van der Waals surface area contributed by atoms with Crippen molar-refractivity contribution in [3.05, 3.63) is 19.2 Å². The lowest BCUT2D eigenvalue weighted by Crippen LogP contribution is -2.45.